The van der Waals surface area contributed by atoms with Gasteiger partial charge in [0.1, 0.15) is 0 Å². The lowest BCUT2D eigenvalue weighted by molar-refractivity contribution is 0.0696. The molecule has 0 aromatic heterocycles. The van der Waals surface area contributed by atoms with Crippen LogP contribution >= 0.6 is 24.0 Å². The van der Waals surface area contributed by atoms with E-state index in [1.807, 2.05) is 30.3 Å². The molecule has 112 valence electrons. The van der Waals surface area contributed by atoms with E-state index in [0.29, 0.717) is 15.5 Å². The second kappa shape index (κ2) is 7.20. The molecule has 0 spiro atoms. The van der Waals surface area contributed by atoms with Crippen molar-refractivity contribution in [1.29, 1.82) is 0 Å². The molecule has 2 aromatic carbocycles. The van der Waals surface area contributed by atoms with Gasteiger partial charge in [-0.05, 0) is 29.3 Å². The Balaban J connectivity index is 2.17. The van der Waals surface area contributed by atoms with Crippen molar-refractivity contribution in [3.8, 4) is 0 Å². The normalized spacial score (nSPS) is 10.2. The monoisotopic (exact) mass is 332 g/mol. The fraction of sp³-hybridized carbons (Fsp3) is 0.0625. The molecule has 0 aliphatic rings. The number of thiocarbonyl (C=S) groups is 1. The Labute approximate surface area is 136 Å². The van der Waals surface area contributed by atoms with Crippen LogP contribution in [-0.4, -0.2) is 26.3 Å². The SMILES string of the molecule is O=C(O)c1cc(CSC(=S)c2ccccc2)cc(C(=O)O)c1. The smallest absolute Gasteiger partial charge is 0.335 e. The average Bonchev–Trinajstić information content (AvgIpc) is 2.53. The average molecular weight is 332 g/mol. The van der Waals surface area contributed by atoms with Gasteiger partial charge in [0.05, 0.1) is 15.3 Å². The Morgan fingerprint density at radius 1 is 0.909 bits per heavy atom. The van der Waals surface area contributed by atoms with Crippen LogP contribution in [0.25, 0.3) is 0 Å². The van der Waals surface area contributed by atoms with Gasteiger partial charge >= 0.3 is 11.9 Å². The maximum atomic E-state index is 11.1. The largest absolute Gasteiger partial charge is 0.478 e. The number of thioether (sulfide) groups is 1. The summed E-state index contributed by atoms with van der Waals surface area (Å²) in [5, 5.41) is 18.1. The van der Waals surface area contributed by atoms with E-state index in [4.69, 9.17) is 22.4 Å². The molecular formula is C16H12O4S2. The van der Waals surface area contributed by atoms with Gasteiger partial charge in [0.15, 0.2) is 0 Å². The van der Waals surface area contributed by atoms with Gasteiger partial charge in [-0.3, -0.25) is 0 Å². The zero-order valence-corrected chi connectivity index (χ0v) is 13.0. The van der Waals surface area contributed by atoms with Crippen molar-refractivity contribution in [3.63, 3.8) is 0 Å². The topological polar surface area (TPSA) is 74.6 Å². The molecule has 2 aromatic rings. The summed E-state index contributed by atoms with van der Waals surface area (Å²) in [5.74, 6) is -1.89. The van der Waals surface area contributed by atoms with Crippen molar-refractivity contribution in [2.75, 3.05) is 0 Å². The maximum absolute atomic E-state index is 11.1. The molecule has 4 nitrogen and oxygen atoms in total. The number of aromatic carboxylic acids is 2. The molecule has 2 N–H and O–H groups in total. The molecule has 0 fully saturated rings. The van der Waals surface area contributed by atoms with E-state index >= 15 is 0 Å². The predicted molar refractivity (Wildman–Crippen MR) is 89.8 cm³/mol. The van der Waals surface area contributed by atoms with Gasteiger partial charge in [-0.1, -0.05) is 42.5 Å². The maximum Gasteiger partial charge on any atom is 0.335 e. The van der Waals surface area contributed by atoms with Crippen LogP contribution in [0, 0.1) is 0 Å². The highest BCUT2D eigenvalue weighted by Crippen LogP contribution is 2.21. The molecule has 0 atom stereocenters. The molecule has 0 saturated heterocycles. The first-order chi connectivity index (χ1) is 10.5. The third-order valence-electron chi connectivity index (χ3n) is 2.87. The number of carboxylic acid groups (broad SMARTS) is 2. The van der Waals surface area contributed by atoms with Crippen LogP contribution in [0.4, 0.5) is 0 Å². The van der Waals surface area contributed by atoms with E-state index < -0.39 is 11.9 Å². The first kappa shape index (κ1) is 16.2. The quantitative estimate of drug-likeness (QED) is 0.813. The fourth-order valence-corrected chi connectivity index (χ4v) is 2.91. The van der Waals surface area contributed by atoms with Crippen molar-refractivity contribution in [1.82, 2.24) is 0 Å². The van der Waals surface area contributed by atoms with E-state index in [0.717, 1.165) is 11.6 Å². The second-order valence-electron chi connectivity index (χ2n) is 4.47. The van der Waals surface area contributed by atoms with Gasteiger partial charge in [-0.2, -0.15) is 0 Å². The number of carboxylic acids is 2. The molecule has 0 aliphatic heterocycles. The highest BCUT2D eigenvalue weighted by Gasteiger charge is 2.12. The highest BCUT2D eigenvalue weighted by atomic mass is 32.2. The van der Waals surface area contributed by atoms with Crippen LogP contribution in [0.2, 0.25) is 0 Å². The van der Waals surface area contributed by atoms with Gasteiger partial charge in [0, 0.05) is 5.75 Å². The molecule has 0 radical (unpaired) electrons. The number of benzene rings is 2. The summed E-state index contributed by atoms with van der Waals surface area (Å²) in [7, 11) is 0. The molecule has 0 aliphatic carbocycles. The molecule has 22 heavy (non-hydrogen) atoms. The summed E-state index contributed by atoms with van der Waals surface area (Å²) in [6.45, 7) is 0. The van der Waals surface area contributed by atoms with E-state index in [9.17, 15) is 9.59 Å². The summed E-state index contributed by atoms with van der Waals surface area (Å²) in [6, 6.07) is 13.5. The van der Waals surface area contributed by atoms with Crippen LogP contribution in [0.5, 0.6) is 0 Å². The molecule has 6 heteroatoms. The zero-order chi connectivity index (χ0) is 16.1. The molecule has 0 saturated carbocycles. The number of rotatable bonds is 5. The molecule has 2 rings (SSSR count). The third-order valence-corrected chi connectivity index (χ3v) is 4.43. The molecule has 0 heterocycles. The zero-order valence-electron chi connectivity index (χ0n) is 11.4. The second-order valence-corrected chi connectivity index (χ2v) is 6.12. The Morgan fingerprint density at radius 2 is 1.45 bits per heavy atom. The van der Waals surface area contributed by atoms with Crippen LogP contribution < -0.4 is 0 Å². The summed E-state index contributed by atoms with van der Waals surface area (Å²) < 4.78 is 0.679. The minimum Gasteiger partial charge on any atom is -0.478 e. The summed E-state index contributed by atoms with van der Waals surface area (Å²) in [6.07, 6.45) is 0. The number of hydrogen-bond acceptors (Lipinski definition) is 4. The fourth-order valence-electron chi connectivity index (χ4n) is 1.83. The molecular weight excluding hydrogens is 320 g/mol. The van der Waals surface area contributed by atoms with Crippen molar-refractivity contribution in [2.45, 2.75) is 5.75 Å². The van der Waals surface area contributed by atoms with Crippen LogP contribution in [-0.2, 0) is 5.75 Å². The Morgan fingerprint density at radius 3 is 1.95 bits per heavy atom. The van der Waals surface area contributed by atoms with Crippen LogP contribution in [0.3, 0.4) is 0 Å². The van der Waals surface area contributed by atoms with Crippen LogP contribution in [0.15, 0.2) is 48.5 Å². The Hall–Kier alpha value is -2.18. The van der Waals surface area contributed by atoms with Gasteiger partial charge in [-0.25, -0.2) is 9.59 Å². The Kier molecular flexibility index (Phi) is 5.30. The summed E-state index contributed by atoms with van der Waals surface area (Å²) in [4.78, 5) is 22.1. The lowest BCUT2D eigenvalue weighted by atomic mass is 10.1. The first-order valence-electron chi connectivity index (χ1n) is 6.30. The Bertz CT molecular complexity index is 694. The van der Waals surface area contributed by atoms with Gasteiger partial charge in [-0.15, -0.1) is 11.8 Å². The van der Waals surface area contributed by atoms with Gasteiger partial charge in [0.25, 0.3) is 0 Å². The van der Waals surface area contributed by atoms with Gasteiger partial charge < -0.3 is 10.2 Å². The molecule has 0 bridgehead atoms. The number of hydrogen-bond donors (Lipinski definition) is 2. The van der Waals surface area contributed by atoms with Crippen LogP contribution in [0.1, 0.15) is 31.8 Å². The lowest BCUT2D eigenvalue weighted by Gasteiger charge is -2.07. The highest BCUT2D eigenvalue weighted by molar-refractivity contribution is 8.23. The summed E-state index contributed by atoms with van der Waals surface area (Å²) >= 11 is 6.69. The van der Waals surface area contributed by atoms with Crippen molar-refractivity contribution >= 4 is 40.1 Å². The standard InChI is InChI=1S/C16H12O4S2/c17-14(18)12-6-10(7-13(8-12)15(19)20)9-22-16(21)11-4-2-1-3-5-11/h1-8H,9H2,(H,17,18)(H,19,20). The van der Waals surface area contributed by atoms with E-state index in [1.165, 1.54) is 23.9 Å². The van der Waals surface area contributed by atoms with Crippen molar-refractivity contribution in [3.05, 3.63) is 70.8 Å². The lowest BCUT2D eigenvalue weighted by Crippen LogP contribution is -2.04. The van der Waals surface area contributed by atoms with Crippen molar-refractivity contribution < 1.29 is 19.8 Å². The van der Waals surface area contributed by atoms with Gasteiger partial charge in [0.2, 0.25) is 0 Å². The third kappa shape index (κ3) is 4.16. The van der Waals surface area contributed by atoms with Crippen molar-refractivity contribution in [2.24, 2.45) is 0 Å². The van der Waals surface area contributed by atoms with E-state index in [2.05, 4.69) is 0 Å². The number of carbonyl (C=O) groups is 2. The molecule has 0 amide bonds. The minimum atomic E-state index is -1.15. The minimum absolute atomic E-state index is 0.0406. The molecule has 0 unspecified atom stereocenters. The first-order valence-corrected chi connectivity index (χ1v) is 7.69. The predicted octanol–water partition coefficient (Wildman–Crippen LogP) is 3.69. The summed E-state index contributed by atoms with van der Waals surface area (Å²) in [5.41, 5.74) is 1.44. The van der Waals surface area contributed by atoms with E-state index in [-0.39, 0.29) is 11.1 Å². The van der Waals surface area contributed by atoms with E-state index in [1.54, 1.807) is 0 Å².